The highest BCUT2D eigenvalue weighted by Gasteiger charge is 2.01. The lowest BCUT2D eigenvalue weighted by atomic mass is 9.99. The lowest BCUT2D eigenvalue weighted by Crippen LogP contribution is -2.15. The molecule has 94 valence electrons. The van der Waals surface area contributed by atoms with Crippen LogP contribution in [0.1, 0.15) is 24.5 Å². The zero-order chi connectivity index (χ0) is 13.0. The fraction of sp³-hybridized carbons (Fsp3) is 0.294. The molecule has 0 bridgehead atoms. The van der Waals surface area contributed by atoms with E-state index in [1.54, 1.807) is 0 Å². The Morgan fingerprint density at radius 2 is 1.67 bits per heavy atom. The van der Waals surface area contributed by atoms with Crippen LogP contribution in [0.25, 0.3) is 11.1 Å². The van der Waals surface area contributed by atoms with E-state index in [0.29, 0.717) is 0 Å². The molecule has 0 saturated heterocycles. The first-order valence-corrected chi connectivity index (χ1v) is 6.57. The molecule has 0 saturated carbocycles. The number of rotatable bonds is 4. The maximum Gasteiger partial charge on any atom is 0.00136 e. The highest BCUT2D eigenvalue weighted by atomic mass is 14.6. The lowest BCUT2D eigenvalue weighted by Gasteiger charge is -2.08. The van der Waals surface area contributed by atoms with Crippen molar-refractivity contribution >= 4 is 0 Å². The van der Waals surface area contributed by atoms with Gasteiger partial charge in [-0.1, -0.05) is 54.1 Å². The minimum atomic E-state index is 0.271. The molecule has 1 nitrogen and oxygen atoms in total. The molecule has 0 aliphatic heterocycles. The van der Waals surface area contributed by atoms with Crippen LogP contribution in [-0.2, 0) is 6.42 Å². The first-order valence-electron chi connectivity index (χ1n) is 6.57. The zero-order valence-electron chi connectivity index (χ0n) is 11.2. The van der Waals surface area contributed by atoms with Gasteiger partial charge in [0, 0.05) is 6.04 Å². The largest absolute Gasteiger partial charge is 0.328 e. The van der Waals surface area contributed by atoms with Crippen LogP contribution < -0.4 is 5.73 Å². The molecule has 2 aromatic carbocycles. The lowest BCUT2D eigenvalue weighted by molar-refractivity contribution is 0.666. The van der Waals surface area contributed by atoms with Crippen molar-refractivity contribution in [3.05, 3.63) is 59.7 Å². The van der Waals surface area contributed by atoms with Gasteiger partial charge in [0.05, 0.1) is 0 Å². The van der Waals surface area contributed by atoms with Crippen molar-refractivity contribution < 1.29 is 0 Å². The van der Waals surface area contributed by atoms with E-state index in [-0.39, 0.29) is 6.04 Å². The van der Waals surface area contributed by atoms with E-state index >= 15 is 0 Å². The summed E-state index contributed by atoms with van der Waals surface area (Å²) in [5, 5.41) is 0. The van der Waals surface area contributed by atoms with Crippen LogP contribution in [0.4, 0.5) is 0 Å². The molecule has 0 spiro atoms. The van der Waals surface area contributed by atoms with Crippen LogP contribution in [0.15, 0.2) is 48.5 Å². The van der Waals surface area contributed by atoms with Crippen molar-refractivity contribution in [2.75, 3.05) is 0 Å². The fourth-order valence-electron chi connectivity index (χ4n) is 2.13. The van der Waals surface area contributed by atoms with Crippen molar-refractivity contribution in [2.24, 2.45) is 5.73 Å². The van der Waals surface area contributed by atoms with Gasteiger partial charge in [-0.2, -0.15) is 0 Å². The molecule has 0 radical (unpaired) electrons. The SMILES string of the molecule is Cc1cccc(-c2cccc(CCC(C)N)c2)c1. The van der Waals surface area contributed by atoms with Gasteiger partial charge >= 0.3 is 0 Å². The Morgan fingerprint density at radius 1 is 1.00 bits per heavy atom. The van der Waals surface area contributed by atoms with Gasteiger partial charge in [-0.15, -0.1) is 0 Å². The second-order valence-electron chi connectivity index (χ2n) is 5.09. The van der Waals surface area contributed by atoms with E-state index in [2.05, 4.69) is 62.4 Å². The van der Waals surface area contributed by atoms with Crippen LogP contribution in [0.2, 0.25) is 0 Å². The van der Waals surface area contributed by atoms with E-state index in [9.17, 15) is 0 Å². The predicted octanol–water partition coefficient (Wildman–Crippen LogP) is 3.94. The summed E-state index contributed by atoms with van der Waals surface area (Å²) < 4.78 is 0. The third-order valence-corrected chi connectivity index (χ3v) is 3.17. The van der Waals surface area contributed by atoms with Crippen LogP contribution in [-0.4, -0.2) is 6.04 Å². The van der Waals surface area contributed by atoms with Gasteiger partial charge in [0.25, 0.3) is 0 Å². The number of hydrogen-bond donors (Lipinski definition) is 1. The van der Waals surface area contributed by atoms with E-state index in [1.165, 1.54) is 22.3 Å². The Labute approximate surface area is 110 Å². The third kappa shape index (κ3) is 3.44. The summed E-state index contributed by atoms with van der Waals surface area (Å²) in [6.45, 7) is 4.19. The maximum atomic E-state index is 5.81. The highest BCUT2D eigenvalue weighted by molar-refractivity contribution is 5.64. The second-order valence-corrected chi connectivity index (χ2v) is 5.09. The number of hydrogen-bond acceptors (Lipinski definition) is 1. The Kier molecular flexibility index (Phi) is 4.16. The summed E-state index contributed by atoms with van der Waals surface area (Å²) in [4.78, 5) is 0. The molecule has 0 fully saturated rings. The van der Waals surface area contributed by atoms with Crippen LogP contribution in [0, 0.1) is 6.92 Å². The molecule has 2 N–H and O–H groups in total. The Balaban J connectivity index is 2.21. The van der Waals surface area contributed by atoms with Crippen molar-refractivity contribution in [3.63, 3.8) is 0 Å². The quantitative estimate of drug-likeness (QED) is 0.859. The standard InChI is InChI=1S/C17H21N/c1-13-5-3-7-16(11-13)17-8-4-6-15(12-17)10-9-14(2)18/h3-8,11-12,14H,9-10,18H2,1-2H3. The molecule has 0 aromatic heterocycles. The molecule has 1 heteroatoms. The van der Waals surface area contributed by atoms with E-state index in [4.69, 9.17) is 5.73 Å². The smallest absolute Gasteiger partial charge is 0.00136 e. The summed E-state index contributed by atoms with van der Waals surface area (Å²) in [5.74, 6) is 0. The van der Waals surface area contributed by atoms with E-state index in [1.807, 2.05) is 0 Å². The highest BCUT2D eigenvalue weighted by Crippen LogP contribution is 2.22. The predicted molar refractivity (Wildman–Crippen MR) is 78.6 cm³/mol. The average molecular weight is 239 g/mol. The van der Waals surface area contributed by atoms with Gasteiger partial charge in [0.2, 0.25) is 0 Å². The van der Waals surface area contributed by atoms with Crippen molar-refractivity contribution in [3.8, 4) is 11.1 Å². The minimum Gasteiger partial charge on any atom is -0.328 e. The summed E-state index contributed by atoms with van der Waals surface area (Å²) in [6, 6.07) is 17.7. The van der Waals surface area contributed by atoms with Gasteiger partial charge in [0.15, 0.2) is 0 Å². The monoisotopic (exact) mass is 239 g/mol. The average Bonchev–Trinajstić information content (AvgIpc) is 2.37. The van der Waals surface area contributed by atoms with E-state index in [0.717, 1.165) is 12.8 Å². The minimum absolute atomic E-state index is 0.271. The molecule has 18 heavy (non-hydrogen) atoms. The fourth-order valence-corrected chi connectivity index (χ4v) is 2.13. The Bertz CT molecular complexity index is 515. The summed E-state index contributed by atoms with van der Waals surface area (Å²) in [7, 11) is 0. The normalized spacial score (nSPS) is 12.4. The number of nitrogens with two attached hydrogens (primary N) is 1. The molecule has 0 aliphatic carbocycles. The van der Waals surface area contributed by atoms with Gasteiger partial charge < -0.3 is 5.73 Å². The molecular formula is C17H21N. The van der Waals surface area contributed by atoms with Crippen LogP contribution in [0.5, 0.6) is 0 Å². The molecule has 1 unspecified atom stereocenters. The first-order chi connectivity index (χ1) is 8.65. The van der Waals surface area contributed by atoms with Crippen LogP contribution >= 0.6 is 0 Å². The maximum absolute atomic E-state index is 5.81. The van der Waals surface area contributed by atoms with Gasteiger partial charge in [-0.25, -0.2) is 0 Å². The van der Waals surface area contributed by atoms with Crippen molar-refractivity contribution in [2.45, 2.75) is 32.7 Å². The van der Waals surface area contributed by atoms with Crippen LogP contribution in [0.3, 0.4) is 0 Å². The third-order valence-electron chi connectivity index (χ3n) is 3.17. The van der Waals surface area contributed by atoms with Crippen molar-refractivity contribution in [1.82, 2.24) is 0 Å². The topological polar surface area (TPSA) is 26.0 Å². The molecule has 0 amide bonds. The van der Waals surface area contributed by atoms with Gasteiger partial charge in [-0.05, 0) is 43.4 Å². The molecule has 0 heterocycles. The van der Waals surface area contributed by atoms with E-state index < -0.39 is 0 Å². The second kappa shape index (κ2) is 5.83. The summed E-state index contributed by atoms with van der Waals surface area (Å²) >= 11 is 0. The molecular weight excluding hydrogens is 218 g/mol. The first kappa shape index (κ1) is 12.8. The van der Waals surface area contributed by atoms with Gasteiger partial charge in [-0.3, -0.25) is 0 Å². The summed E-state index contributed by atoms with van der Waals surface area (Å²) in [6.07, 6.45) is 2.09. The zero-order valence-corrected chi connectivity index (χ0v) is 11.2. The molecule has 1 atom stereocenters. The Morgan fingerprint density at radius 3 is 2.33 bits per heavy atom. The summed E-state index contributed by atoms with van der Waals surface area (Å²) in [5.41, 5.74) is 11.1. The molecule has 0 aliphatic rings. The van der Waals surface area contributed by atoms with Crippen molar-refractivity contribution in [1.29, 1.82) is 0 Å². The molecule has 2 rings (SSSR count). The molecule has 2 aromatic rings. The number of aryl methyl sites for hydroxylation is 2. The Hall–Kier alpha value is -1.60. The number of benzene rings is 2. The van der Waals surface area contributed by atoms with Gasteiger partial charge in [0.1, 0.15) is 0 Å².